The first-order chi connectivity index (χ1) is 16.4. The highest BCUT2D eigenvalue weighted by molar-refractivity contribution is 5.74. The lowest BCUT2D eigenvalue weighted by Gasteiger charge is -2.24. The Morgan fingerprint density at radius 2 is 1.59 bits per heavy atom. The molecule has 34 heavy (non-hydrogen) atoms. The summed E-state index contributed by atoms with van der Waals surface area (Å²) < 4.78 is 45.8. The molecule has 0 amide bonds. The Morgan fingerprint density at radius 1 is 0.912 bits per heavy atom. The number of hydrogen-bond acceptors (Lipinski definition) is 4. The van der Waals surface area contributed by atoms with Gasteiger partial charge in [-0.1, -0.05) is 72.8 Å². The zero-order valence-corrected chi connectivity index (χ0v) is 17.6. The van der Waals surface area contributed by atoms with Crippen molar-refractivity contribution in [3.63, 3.8) is 0 Å². The van der Waals surface area contributed by atoms with Crippen molar-refractivity contribution in [2.75, 3.05) is 0 Å². The lowest BCUT2D eigenvalue weighted by atomic mass is 9.82. The van der Waals surface area contributed by atoms with E-state index >= 15 is 0 Å². The van der Waals surface area contributed by atoms with Crippen LogP contribution in [-0.2, 0) is 6.18 Å². The first-order valence-corrected chi connectivity index (χ1v) is 10.4. The zero-order valence-electron chi connectivity index (χ0n) is 17.6. The number of hydrogen-bond donors (Lipinski definition) is 2. The highest BCUT2D eigenvalue weighted by Crippen LogP contribution is 2.46. The monoisotopic (exact) mass is 458 g/mol. The van der Waals surface area contributed by atoms with Gasteiger partial charge in [0.1, 0.15) is 11.6 Å². The first kappa shape index (κ1) is 21.3. The predicted octanol–water partition coefficient (Wildman–Crippen LogP) is 5.98. The van der Waals surface area contributed by atoms with Gasteiger partial charge in [-0.3, -0.25) is 5.10 Å². The molecule has 0 fully saturated rings. The average molecular weight is 458 g/mol. The van der Waals surface area contributed by atoms with Crippen molar-refractivity contribution in [3.8, 4) is 34.3 Å². The van der Waals surface area contributed by atoms with Crippen LogP contribution in [0.5, 0.6) is 5.88 Å². The summed E-state index contributed by atoms with van der Waals surface area (Å²) in [5.74, 6) is -0.936. The highest BCUT2D eigenvalue weighted by Gasteiger charge is 2.37. The molecule has 0 saturated heterocycles. The number of halogens is 3. The van der Waals surface area contributed by atoms with Crippen LogP contribution >= 0.6 is 0 Å². The van der Waals surface area contributed by atoms with Crippen molar-refractivity contribution in [1.82, 2.24) is 10.2 Å². The lowest BCUT2D eigenvalue weighted by molar-refractivity contribution is -0.137. The van der Waals surface area contributed by atoms with E-state index in [2.05, 4.69) is 10.2 Å². The van der Waals surface area contributed by atoms with Crippen molar-refractivity contribution >= 4 is 0 Å². The van der Waals surface area contributed by atoms with Gasteiger partial charge in [0.05, 0.1) is 22.7 Å². The molecule has 3 aromatic carbocycles. The standard InChI is InChI=1S/C26H17F3N4O/c27-26(28,29)19-8-4-7-18(13-19)21-20(14-30)24(31)34-25-22(21)23(32-33-25)17-11-9-16(10-12-17)15-5-2-1-3-6-15/h1-13,21H,31H2,(H,32,33)/t21-/m0/s1. The van der Waals surface area contributed by atoms with Crippen molar-refractivity contribution in [2.45, 2.75) is 12.1 Å². The number of aromatic nitrogens is 2. The summed E-state index contributed by atoms with van der Waals surface area (Å²) in [5.41, 5.74) is 9.21. The Hall–Kier alpha value is -4.51. The minimum absolute atomic E-state index is 0.0235. The smallest absolute Gasteiger partial charge is 0.416 e. The largest absolute Gasteiger partial charge is 0.420 e. The number of nitrogens with two attached hydrogens (primary N) is 1. The minimum Gasteiger partial charge on any atom is -0.420 e. The molecule has 0 aliphatic carbocycles. The molecule has 0 spiro atoms. The summed E-state index contributed by atoms with van der Waals surface area (Å²) in [6.45, 7) is 0. The molecule has 2 heterocycles. The van der Waals surface area contributed by atoms with E-state index in [1.54, 1.807) is 0 Å². The van der Waals surface area contributed by atoms with E-state index in [1.807, 2.05) is 60.7 Å². The number of alkyl halides is 3. The molecule has 8 heteroatoms. The lowest BCUT2D eigenvalue weighted by Crippen LogP contribution is -2.21. The molecule has 0 unspecified atom stereocenters. The molecule has 4 aromatic rings. The van der Waals surface area contributed by atoms with Crippen molar-refractivity contribution < 1.29 is 17.9 Å². The quantitative estimate of drug-likeness (QED) is 0.395. The number of rotatable bonds is 3. The number of nitriles is 1. The molecule has 0 bridgehead atoms. The summed E-state index contributed by atoms with van der Waals surface area (Å²) in [5, 5.41) is 16.9. The van der Waals surface area contributed by atoms with Crippen LogP contribution in [0, 0.1) is 11.3 Å². The van der Waals surface area contributed by atoms with Gasteiger partial charge in [0, 0.05) is 5.56 Å². The van der Waals surface area contributed by atoms with Crippen molar-refractivity contribution in [1.29, 1.82) is 5.26 Å². The Bertz CT molecular complexity index is 1430. The number of H-pyrrole nitrogens is 1. The normalized spacial score (nSPS) is 15.4. The predicted molar refractivity (Wildman–Crippen MR) is 120 cm³/mol. The van der Waals surface area contributed by atoms with Crippen LogP contribution in [0.25, 0.3) is 22.4 Å². The summed E-state index contributed by atoms with van der Waals surface area (Å²) in [4.78, 5) is 0. The Balaban J connectivity index is 1.63. The average Bonchev–Trinajstić information content (AvgIpc) is 3.26. The number of fused-ring (bicyclic) bond motifs is 1. The maximum Gasteiger partial charge on any atom is 0.416 e. The maximum absolute atomic E-state index is 13.4. The second-order valence-corrected chi connectivity index (χ2v) is 7.81. The third-order valence-corrected chi connectivity index (χ3v) is 5.77. The molecule has 5 nitrogen and oxygen atoms in total. The second-order valence-electron chi connectivity index (χ2n) is 7.81. The first-order valence-electron chi connectivity index (χ1n) is 10.4. The fourth-order valence-corrected chi connectivity index (χ4v) is 4.15. The molecule has 0 radical (unpaired) electrons. The van der Waals surface area contributed by atoms with Crippen LogP contribution in [0.3, 0.4) is 0 Å². The Labute approximate surface area is 192 Å². The van der Waals surface area contributed by atoms with Crippen LogP contribution < -0.4 is 10.5 Å². The molecule has 3 N–H and O–H groups in total. The van der Waals surface area contributed by atoms with Gasteiger partial charge in [0.15, 0.2) is 0 Å². The third-order valence-electron chi connectivity index (χ3n) is 5.77. The molecule has 0 saturated carbocycles. The number of benzene rings is 3. The molecular weight excluding hydrogens is 441 g/mol. The van der Waals surface area contributed by atoms with Crippen LogP contribution in [0.15, 0.2) is 90.3 Å². The number of ether oxygens (including phenoxy) is 1. The van der Waals surface area contributed by atoms with Gasteiger partial charge in [-0.25, -0.2) is 0 Å². The Kier molecular flexibility index (Phi) is 5.10. The molecule has 1 aromatic heterocycles. The van der Waals surface area contributed by atoms with E-state index in [0.717, 1.165) is 28.8 Å². The van der Waals surface area contributed by atoms with Crippen LogP contribution in [0.4, 0.5) is 13.2 Å². The minimum atomic E-state index is -4.53. The number of allylic oxidation sites excluding steroid dienone is 1. The second kappa shape index (κ2) is 8.12. The molecule has 1 aliphatic heterocycles. The van der Waals surface area contributed by atoms with E-state index in [0.29, 0.717) is 11.3 Å². The molecule has 1 aliphatic rings. The van der Waals surface area contributed by atoms with Gasteiger partial charge in [0.25, 0.3) is 0 Å². The fourth-order valence-electron chi connectivity index (χ4n) is 4.15. The van der Waals surface area contributed by atoms with Crippen molar-refractivity contribution in [2.24, 2.45) is 5.73 Å². The van der Waals surface area contributed by atoms with Crippen LogP contribution in [-0.4, -0.2) is 10.2 Å². The van der Waals surface area contributed by atoms with Crippen molar-refractivity contribution in [3.05, 3.63) is 107 Å². The maximum atomic E-state index is 13.4. The van der Waals surface area contributed by atoms with E-state index in [1.165, 1.54) is 12.1 Å². The topological polar surface area (TPSA) is 87.7 Å². The molecule has 5 rings (SSSR count). The van der Waals surface area contributed by atoms with Gasteiger partial charge >= 0.3 is 6.18 Å². The molecular formula is C26H17F3N4O. The highest BCUT2D eigenvalue weighted by atomic mass is 19.4. The van der Waals surface area contributed by atoms with Gasteiger partial charge in [0.2, 0.25) is 11.8 Å². The van der Waals surface area contributed by atoms with Gasteiger partial charge < -0.3 is 10.5 Å². The van der Waals surface area contributed by atoms with E-state index in [9.17, 15) is 18.4 Å². The van der Waals surface area contributed by atoms with E-state index in [-0.39, 0.29) is 22.9 Å². The molecule has 1 atom stereocenters. The fraction of sp³-hybridized carbons (Fsp3) is 0.0769. The summed E-state index contributed by atoms with van der Waals surface area (Å²) >= 11 is 0. The summed E-state index contributed by atoms with van der Waals surface area (Å²) in [6, 6.07) is 24.4. The van der Waals surface area contributed by atoms with Crippen LogP contribution in [0.1, 0.15) is 22.6 Å². The summed E-state index contributed by atoms with van der Waals surface area (Å²) in [7, 11) is 0. The van der Waals surface area contributed by atoms with Gasteiger partial charge in [-0.05, 0) is 22.8 Å². The zero-order chi connectivity index (χ0) is 23.9. The van der Waals surface area contributed by atoms with Gasteiger partial charge in [-0.15, -0.1) is 5.10 Å². The number of nitrogens with one attached hydrogen (secondary N) is 1. The third kappa shape index (κ3) is 3.67. The van der Waals surface area contributed by atoms with E-state index in [4.69, 9.17) is 10.5 Å². The number of aromatic amines is 1. The SMILES string of the molecule is N#CC1=C(N)Oc2n[nH]c(-c3ccc(-c4ccccc4)cc3)c2[C@H]1c1cccc(C(F)(F)F)c1. The number of nitrogens with zero attached hydrogens (tertiary/aromatic N) is 2. The van der Waals surface area contributed by atoms with Crippen LogP contribution in [0.2, 0.25) is 0 Å². The Morgan fingerprint density at radius 3 is 2.26 bits per heavy atom. The van der Waals surface area contributed by atoms with E-state index < -0.39 is 17.7 Å². The molecule has 168 valence electrons. The van der Waals surface area contributed by atoms with Gasteiger partial charge in [-0.2, -0.15) is 18.4 Å². The summed E-state index contributed by atoms with van der Waals surface area (Å²) in [6.07, 6.45) is -4.53.